The summed E-state index contributed by atoms with van der Waals surface area (Å²) in [5.74, 6) is -3.18. The average molecular weight is 441 g/mol. The third-order valence-electron chi connectivity index (χ3n) is 5.24. The Balaban J connectivity index is 1.95. The van der Waals surface area contributed by atoms with Crippen LogP contribution in [0.25, 0.3) is 0 Å². The van der Waals surface area contributed by atoms with Gasteiger partial charge < -0.3 is 15.3 Å². The number of piperidine rings is 1. The van der Waals surface area contributed by atoms with Gasteiger partial charge in [0.2, 0.25) is 0 Å². The van der Waals surface area contributed by atoms with Gasteiger partial charge in [-0.15, -0.1) is 0 Å². The van der Waals surface area contributed by atoms with E-state index in [9.17, 15) is 37.6 Å². The molecule has 1 heterocycles. The van der Waals surface area contributed by atoms with E-state index >= 15 is 0 Å². The molecule has 0 saturated carbocycles. The Morgan fingerprint density at radius 3 is 2.48 bits per heavy atom. The molecule has 1 aliphatic heterocycles. The summed E-state index contributed by atoms with van der Waals surface area (Å²) >= 11 is 0. The van der Waals surface area contributed by atoms with E-state index in [1.807, 2.05) is 5.32 Å². The Labute approximate surface area is 174 Å². The summed E-state index contributed by atoms with van der Waals surface area (Å²) in [4.78, 5) is 24.0. The van der Waals surface area contributed by atoms with Crippen LogP contribution in [0.1, 0.15) is 23.5 Å². The van der Waals surface area contributed by atoms with Crippen molar-refractivity contribution in [2.24, 2.45) is 0 Å². The van der Waals surface area contributed by atoms with E-state index in [1.54, 1.807) is 0 Å². The topological polar surface area (TPSA) is 95.7 Å². The van der Waals surface area contributed by atoms with Crippen molar-refractivity contribution in [3.05, 3.63) is 69.5 Å². The molecular formula is C20H19F4N3O4. The molecule has 0 aliphatic carbocycles. The SMILES string of the molecule is O=C(NC1CN(c2cc(CO)ccc2[N+](=O)[O-])CCC1c1ccc(F)cc1)C(F)(F)F. The van der Waals surface area contributed by atoms with E-state index in [2.05, 4.69) is 0 Å². The first kappa shape index (κ1) is 22.5. The number of anilines is 1. The fourth-order valence-corrected chi connectivity index (χ4v) is 3.75. The predicted molar refractivity (Wildman–Crippen MR) is 103 cm³/mol. The van der Waals surface area contributed by atoms with Crippen LogP contribution in [-0.2, 0) is 11.4 Å². The molecule has 31 heavy (non-hydrogen) atoms. The van der Waals surface area contributed by atoms with Crippen molar-refractivity contribution in [1.29, 1.82) is 0 Å². The summed E-state index contributed by atoms with van der Waals surface area (Å²) in [7, 11) is 0. The summed E-state index contributed by atoms with van der Waals surface area (Å²) in [6.45, 7) is -0.263. The lowest BCUT2D eigenvalue weighted by Gasteiger charge is -2.40. The molecule has 0 aromatic heterocycles. The standard InChI is InChI=1S/C20H19F4N3O4/c21-14-4-2-13(3-5-14)15-7-8-26(10-16(15)25-19(29)20(22,23)24)18-9-12(11-28)1-6-17(18)27(30)31/h1-6,9,15-16,28H,7-8,10-11H2,(H,25,29). The number of amides is 1. The number of aliphatic hydroxyl groups is 1. The van der Waals surface area contributed by atoms with Crippen molar-refractivity contribution >= 4 is 17.3 Å². The Morgan fingerprint density at radius 1 is 1.23 bits per heavy atom. The van der Waals surface area contributed by atoms with E-state index in [0.717, 1.165) is 0 Å². The van der Waals surface area contributed by atoms with Crippen molar-refractivity contribution in [1.82, 2.24) is 5.32 Å². The molecule has 3 rings (SSSR count). The van der Waals surface area contributed by atoms with Crippen LogP contribution in [0.15, 0.2) is 42.5 Å². The third kappa shape index (κ3) is 5.10. The number of alkyl halides is 3. The molecule has 1 aliphatic rings. The van der Waals surface area contributed by atoms with Gasteiger partial charge in [-0.25, -0.2) is 4.39 Å². The molecule has 0 spiro atoms. The Kier molecular flexibility index (Phi) is 6.44. The molecule has 11 heteroatoms. The van der Waals surface area contributed by atoms with Crippen LogP contribution >= 0.6 is 0 Å². The average Bonchev–Trinajstić information content (AvgIpc) is 2.73. The summed E-state index contributed by atoms with van der Waals surface area (Å²) in [5.41, 5.74) is 0.822. The number of hydrogen-bond acceptors (Lipinski definition) is 5. The number of nitro benzene ring substituents is 1. The van der Waals surface area contributed by atoms with Crippen LogP contribution in [0.3, 0.4) is 0 Å². The first-order valence-electron chi connectivity index (χ1n) is 9.36. The first-order valence-corrected chi connectivity index (χ1v) is 9.36. The second-order valence-electron chi connectivity index (χ2n) is 7.21. The third-order valence-corrected chi connectivity index (χ3v) is 5.24. The zero-order valence-electron chi connectivity index (χ0n) is 16.1. The highest BCUT2D eigenvalue weighted by molar-refractivity contribution is 5.82. The molecule has 2 unspecified atom stereocenters. The van der Waals surface area contributed by atoms with E-state index in [1.165, 1.54) is 47.4 Å². The van der Waals surface area contributed by atoms with Crippen molar-refractivity contribution in [3.63, 3.8) is 0 Å². The largest absolute Gasteiger partial charge is 0.471 e. The van der Waals surface area contributed by atoms with Crippen LogP contribution in [0, 0.1) is 15.9 Å². The van der Waals surface area contributed by atoms with Crippen molar-refractivity contribution in [2.75, 3.05) is 18.0 Å². The summed E-state index contributed by atoms with van der Waals surface area (Å²) in [6.07, 6.45) is -4.84. The van der Waals surface area contributed by atoms with Gasteiger partial charge in [0, 0.05) is 25.1 Å². The minimum Gasteiger partial charge on any atom is -0.392 e. The molecule has 2 N–H and O–H groups in total. The zero-order chi connectivity index (χ0) is 22.8. The molecule has 2 atom stereocenters. The van der Waals surface area contributed by atoms with Crippen molar-refractivity contribution < 1.29 is 32.4 Å². The van der Waals surface area contributed by atoms with Crippen LogP contribution in [0.4, 0.5) is 28.9 Å². The fraction of sp³-hybridized carbons (Fsp3) is 0.350. The minimum atomic E-state index is -5.10. The number of aliphatic hydroxyl groups excluding tert-OH is 1. The van der Waals surface area contributed by atoms with Gasteiger partial charge in [-0.2, -0.15) is 13.2 Å². The van der Waals surface area contributed by atoms with Gasteiger partial charge in [0.25, 0.3) is 5.69 Å². The van der Waals surface area contributed by atoms with Gasteiger partial charge >= 0.3 is 12.1 Å². The Hall–Kier alpha value is -3.21. The number of halogens is 4. The van der Waals surface area contributed by atoms with Crippen molar-refractivity contribution in [3.8, 4) is 0 Å². The summed E-state index contributed by atoms with van der Waals surface area (Å²) < 4.78 is 51.9. The molecular weight excluding hydrogens is 422 g/mol. The minimum absolute atomic E-state index is 0.139. The molecule has 1 saturated heterocycles. The van der Waals surface area contributed by atoms with E-state index in [-0.39, 0.29) is 37.5 Å². The molecule has 0 bridgehead atoms. The highest BCUT2D eigenvalue weighted by Crippen LogP contribution is 2.36. The van der Waals surface area contributed by atoms with Crippen LogP contribution < -0.4 is 10.2 Å². The maximum Gasteiger partial charge on any atom is 0.471 e. The number of hydrogen-bond donors (Lipinski definition) is 2. The molecule has 2 aromatic carbocycles. The maximum atomic E-state index is 13.3. The summed E-state index contributed by atoms with van der Waals surface area (Å²) in [5, 5.41) is 22.8. The number of carbonyl (C=O) groups is 1. The number of nitrogens with zero attached hydrogens (tertiary/aromatic N) is 2. The van der Waals surface area contributed by atoms with Gasteiger partial charge in [-0.1, -0.05) is 12.1 Å². The van der Waals surface area contributed by atoms with Gasteiger partial charge in [0.05, 0.1) is 17.6 Å². The van der Waals surface area contributed by atoms with Gasteiger partial charge in [-0.05, 0) is 41.8 Å². The Bertz CT molecular complexity index is 966. The predicted octanol–water partition coefficient (Wildman–Crippen LogP) is 3.27. The number of nitro groups is 1. The lowest BCUT2D eigenvalue weighted by atomic mass is 9.84. The zero-order valence-corrected chi connectivity index (χ0v) is 16.1. The summed E-state index contributed by atoms with van der Waals surface area (Å²) in [6, 6.07) is 8.21. The molecule has 1 amide bonds. The number of benzene rings is 2. The number of nitrogens with one attached hydrogen (secondary N) is 1. The molecule has 2 aromatic rings. The highest BCUT2D eigenvalue weighted by atomic mass is 19.4. The maximum absolute atomic E-state index is 13.3. The van der Waals surface area contributed by atoms with Gasteiger partial charge in [0.1, 0.15) is 11.5 Å². The molecule has 166 valence electrons. The van der Waals surface area contributed by atoms with E-state index < -0.39 is 34.8 Å². The van der Waals surface area contributed by atoms with Gasteiger partial charge in [0.15, 0.2) is 0 Å². The number of carbonyl (C=O) groups excluding carboxylic acids is 1. The molecule has 7 nitrogen and oxygen atoms in total. The van der Waals surface area contributed by atoms with E-state index in [0.29, 0.717) is 11.1 Å². The fourth-order valence-electron chi connectivity index (χ4n) is 3.75. The second kappa shape index (κ2) is 8.88. The van der Waals surface area contributed by atoms with Crippen LogP contribution in [0.2, 0.25) is 0 Å². The highest BCUT2D eigenvalue weighted by Gasteiger charge is 2.42. The first-order chi connectivity index (χ1) is 14.6. The molecule has 0 radical (unpaired) electrons. The quantitative estimate of drug-likeness (QED) is 0.422. The smallest absolute Gasteiger partial charge is 0.392 e. The monoisotopic (exact) mass is 441 g/mol. The lowest BCUT2D eigenvalue weighted by molar-refractivity contribution is -0.384. The normalized spacial score (nSPS) is 19.2. The van der Waals surface area contributed by atoms with E-state index in [4.69, 9.17) is 0 Å². The Morgan fingerprint density at radius 2 is 1.90 bits per heavy atom. The second-order valence-corrected chi connectivity index (χ2v) is 7.21. The number of rotatable bonds is 5. The lowest BCUT2D eigenvalue weighted by Crippen LogP contribution is -2.54. The molecule has 1 fully saturated rings. The van der Waals surface area contributed by atoms with Gasteiger partial charge in [-0.3, -0.25) is 14.9 Å². The van der Waals surface area contributed by atoms with Crippen LogP contribution in [0.5, 0.6) is 0 Å². The van der Waals surface area contributed by atoms with Crippen molar-refractivity contribution in [2.45, 2.75) is 31.2 Å². The van der Waals surface area contributed by atoms with Crippen LogP contribution in [-0.4, -0.2) is 41.2 Å².